The molecule has 0 radical (unpaired) electrons. The number of nitrogens with one attached hydrogen (secondary N) is 2. The Morgan fingerprint density at radius 1 is 1.15 bits per heavy atom. The van der Waals surface area contributed by atoms with E-state index in [2.05, 4.69) is 10.6 Å². The third-order valence-electron chi connectivity index (χ3n) is 2.40. The molecule has 0 spiro atoms. The molecule has 0 aliphatic carbocycles. The number of amides is 2. The maximum absolute atomic E-state index is 11.8. The minimum absolute atomic E-state index is 0.00971. The number of rotatable bonds is 5. The number of carbonyl (C=O) groups is 2. The van der Waals surface area contributed by atoms with Crippen LogP contribution in [0.3, 0.4) is 0 Å². The second-order valence-corrected chi connectivity index (χ2v) is 6.32. The van der Waals surface area contributed by atoms with Gasteiger partial charge in [-0.25, -0.2) is 8.42 Å². The van der Waals surface area contributed by atoms with Crippen molar-refractivity contribution in [1.29, 1.82) is 0 Å². The van der Waals surface area contributed by atoms with Gasteiger partial charge >= 0.3 is 0 Å². The number of nitrogen functional groups attached to an aromatic ring is 1. The molecule has 8 heteroatoms. The van der Waals surface area contributed by atoms with Crippen molar-refractivity contribution in [3.05, 3.63) is 23.8 Å². The van der Waals surface area contributed by atoms with E-state index >= 15 is 0 Å². The van der Waals surface area contributed by atoms with Crippen LogP contribution in [0, 0.1) is 0 Å². The van der Waals surface area contributed by atoms with Gasteiger partial charge in [-0.1, -0.05) is 0 Å². The Balaban J connectivity index is 2.78. The molecule has 0 saturated carbocycles. The monoisotopic (exact) mass is 299 g/mol. The van der Waals surface area contributed by atoms with Gasteiger partial charge in [0.1, 0.15) is 0 Å². The molecule has 0 fully saturated rings. The fraction of sp³-hybridized carbons (Fsp3) is 0.333. The van der Waals surface area contributed by atoms with Crippen LogP contribution in [0.1, 0.15) is 17.3 Å². The van der Waals surface area contributed by atoms with E-state index in [4.69, 9.17) is 5.73 Å². The molecule has 2 amide bonds. The van der Waals surface area contributed by atoms with E-state index in [1.54, 1.807) is 0 Å². The molecule has 0 bridgehead atoms. The summed E-state index contributed by atoms with van der Waals surface area (Å²) in [4.78, 5) is 22.5. The van der Waals surface area contributed by atoms with Crippen LogP contribution in [0.2, 0.25) is 0 Å². The lowest BCUT2D eigenvalue weighted by molar-refractivity contribution is -0.118. The standard InChI is InChI=1S/C12H17N3O4S/c1-8(16)14-3-4-15-12(17)9-5-10(13)7-11(6-9)20(2,18)19/h5-7H,3-4,13H2,1-2H3,(H,14,16)(H,15,17). The van der Waals surface area contributed by atoms with Crippen molar-refractivity contribution >= 4 is 27.3 Å². The highest BCUT2D eigenvalue weighted by Crippen LogP contribution is 2.16. The van der Waals surface area contributed by atoms with Gasteiger partial charge in [-0.3, -0.25) is 9.59 Å². The van der Waals surface area contributed by atoms with Gasteiger partial charge in [0.25, 0.3) is 5.91 Å². The second kappa shape index (κ2) is 6.38. The molecule has 4 N–H and O–H groups in total. The van der Waals surface area contributed by atoms with E-state index in [9.17, 15) is 18.0 Å². The van der Waals surface area contributed by atoms with Crippen LogP contribution in [-0.2, 0) is 14.6 Å². The summed E-state index contributed by atoms with van der Waals surface area (Å²) < 4.78 is 22.9. The van der Waals surface area contributed by atoms with Gasteiger partial charge < -0.3 is 16.4 Å². The Kier molecular flexibility index (Phi) is 5.09. The van der Waals surface area contributed by atoms with Gasteiger partial charge in [-0.05, 0) is 18.2 Å². The predicted molar refractivity (Wildman–Crippen MR) is 75.0 cm³/mol. The van der Waals surface area contributed by atoms with Crippen LogP contribution in [0.5, 0.6) is 0 Å². The molecule has 0 saturated heterocycles. The summed E-state index contributed by atoms with van der Waals surface area (Å²) in [6.45, 7) is 1.90. The molecule has 0 aromatic heterocycles. The average molecular weight is 299 g/mol. The zero-order chi connectivity index (χ0) is 15.3. The molecule has 1 aromatic rings. The smallest absolute Gasteiger partial charge is 0.251 e. The summed E-state index contributed by atoms with van der Waals surface area (Å²) in [5.74, 6) is -0.643. The molecule has 1 rings (SSSR count). The van der Waals surface area contributed by atoms with Gasteiger partial charge in [0.2, 0.25) is 5.91 Å². The quantitative estimate of drug-likeness (QED) is 0.502. The predicted octanol–water partition coefficient (Wildman–Crippen LogP) is -0.462. The highest BCUT2D eigenvalue weighted by molar-refractivity contribution is 7.90. The molecular formula is C12H17N3O4S. The van der Waals surface area contributed by atoms with Gasteiger partial charge in [-0.2, -0.15) is 0 Å². The second-order valence-electron chi connectivity index (χ2n) is 4.30. The van der Waals surface area contributed by atoms with E-state index in [0.717, 1.165) is 6.26 Å². The van der Waals surface area contributed by atoms with Crippen LogP contribution in [-0.4, -0.2) is 39.6 Å². The van der Waals surface area contributed by atoms with Crippen LogP contribution < -0.4 is 16.4 Å². The lowest BCUT2D eigenvalue weighted by Crippen LogP contribution is -2.33. The Bertz CT molecular complexity index is 626. The third kappa shape index (κ3) is 4.88. The summed E-state index contributed by atoms with van der Waals surface area (Å²) in [7, 11) is -3.43. The Morgan fingerprint density at radius 2 is 1.75 bits per heavy atom. The molecule has 20 heavy (non-hydrogen) atoms. The summed E-state index contributed by atoms with van der Waals surface area (Å²) in [6.07, 6.45) is 1.04. The minimum Gasteiger partial charge on any atom is -0.399 e. The van der Waals surface area contributed by atoms with Crippen molar-refractivity contribution in [1.82, 2.24) is 10.6 Å². The maximum Gasteiger partial charge on any atom is 0.251 e. The van der Waals surface area contributed by atoms with Gasteiger partial charge in [0.05, 0.1) is 4.90 Å². The lowest BCUT2D eigenvalue weighted by Gasteiger charge is -2.08. The van der Waals surface area contributed by atoms with E-state index in [0.29, 0.717) is 6.54 Å². The zero-order valence-electron chi connectivity index (χ0n) is 11.3. The number of hydrogen-bond donors (Lipinski definition) is 3. The molecule has 110 valence electrons. The van der Waals surface area contributed by atoms with E-state index < -0.39 is 15.7 Å². The van der Waals surface area contributed by atoms with Crippen molar-refractivity contribution in [3.8, 4) is 0 Å². The fourth-order valence-electron chi connectivity index (χ4n) is 1.48. The highest BCUT2D eigenvalue weighted by Gasteiger charge is 2.13. The van der Waals surface area contributed by atoms with Crippen molar-refractivity contribution < 1.29 is 18.0 Å². The first-order chi connectivity index (χ1) is 9.20. The van der Waals surface area contributed by atoms with Gasteiger partial charge in [-0.15, -0.1) is 0 Å². The molecule has 0 unspecified atom stereocenters. The van der Waals surface area contributed by atoms with Crippen molar-refractivity contribution in [2.24, 2.45) is 0 Å². The summed E-state index contributed by atoms with van der Waals surface area (Å²) in [5, 5.41) is 5.08. The zero-order valence-corrected chi connectivity index (χ0v) is 12.1. The Hall–Kier alpha value is -2.09. The largest absolute Gasteiger partial charge is 0.399 e. The number of carbonyl (C=O) groups excluding carboxylic acids is 2. The maximum atomic E-state index is 11.8. The highest BCUT2D eigenvalue weighted by atomic mass is 32.2. The average Bonchev–Trinajstić information content (AvgIpc) is 2.32. The van der Waals surface area contributed by atoms with Crippen molar-refractivity contribution in [2.45, 2.75) is 11.8 Å². The summed E-state index contributed by atoms with van der Waals surface area (Å²) in [5.41, 5.74) is 5.94. The number of anilines is 1. The molecule has 7 nitrogen and oxygen atoms in total. The first kappa shape index (κ1) is 16.0. The fourth-order valence-corrected chi connectivity index (χ4v) is 2.18. The Morgan fingerprint density at radius 3 is 2.30 bits per heavy atom. The molecule has 0 aliphatic heterocycles. The van der Waals surface area contributed by atoms with E-state index in [1.165, 1.54) is 25.1 Å². The third-order valence-corrected chi connectivity index (χ3v) is 3.50. The Labute approximate surface area is 117 Å². The van der Waals surface area contributed by atoms with Crippen LogP contribution >= 0.6 is 0 Å². The van der Waals surface area contributed by atoms with Crippen LogP contribution in [0.25, 0.3) is 0 Å². The summed E-state index contributed by atoms with van der Waals surface area (Å²) >= 11 is 0. The number of hydrogen-bond acceptors (Lipinski definition) is 5. The number of sulfone groups is 1. The molecular weight excluding hydrogens is 282 g/mol. The molecule has 0 aliphatic rings. The topological polar surface area (TPSA) is 118 Å². The summed E-state index contributed by atoms with van der Waals surface area (Å²) in [6, 6.07) is 3.95. The lowest BCUT2D eigenvalue weighted by atomic mass is 10.2. The van der Waals surface area contributed by atoms with Gasteiger partial charge in [0.15, 0.2) is 9.84 Å². The first-order valence-electron chi connectivity index (χ1n) is 5.83. The molecule has 0 heterocycles. The number of benzene rings is 1. The van der Waals surface area contributed by atoms with Crippen molar-refractivity contribution in [3.63, 3.8) is 0 Å². The molecule has 0 atom stereocenters. The minimum atomic E-state index is -3.43. The van der Waals surface area contributed by atoms with E-state index in [1.807, 2.05) is 0 Å². The van der Waals surface area contributed by atoms with Crippen molar-refractivity contribution in [2.75, 3.05) is 25.1 Å². The van der Waals surface area contributed by atoms with E-state index in [-0.39, 0.29) is 28.6 Å². The van der Waals surface area contributed by atoms with Crippen LogP contribution in [0.4, 0.5) is 5.69 Å². The SMILES string of the molecule is CC(=O)NCCNC(=O)c1cc(N)cc(S(C)(=O)=O)c1. The van der Waals surface area contributed by atoms with Gasteiger partial charge in [0, 0.05) is 37.5 Å². The molecule has 1 aromatic carbocycles. The number of nitrogens with two attached hydrogens (primary N) is 1. The van der Waals surface area contributed by atoms with Crippen LogP contribution in [0.15, 0.2) is 23.1 Å². The first-order valence-corrected chi connectivity index (χ1v) is 7.72. The normalized spacial score (nSPS) is 10.9.